The van der Waals surface area contributed by atoms with Gasteiger partial charge in [-0.2, -0.15) is 0 Å². The summed E-state index contributed by atoms with van der Waals surface area (Å²) in [7, 11) is 0. The minimum Gasteiger partial charge on any atom is -0.462 e. The normalized spacial score (nSPS) is 39.1. The first-order valence-corrected chi connectivity index (χ1v) is 13.4. The van der Waals surface area contributed by atoms with Crippen LogP contribution < -0.4 is 0 Å². The molecule has 3 nitrogen and oxygen atoms in total. The van der Waals surface area contributed by atoms with Gasteiger partial charge in [0.05, 0.1) is 0 Å². The zero-order chi connectivity index (χ0) is 24.1. The van der Waals surface area contributed by atoms with Crippen molar-refractivity contribution in [3.8, 4) is 0 Å². The average Bonchev–Trinajstić information content (AvgIpc) is 3.15. The van der Waals surface area contributed by atoms with Gasteiger partial charge in [-0.05, 0) is 92.1 Å². The number of benzene rings is 1. The van der Waals surface area contributed by atoms with Crippen LogP contribution in [-0.2, 0) is 14.3 Å². The first-order chi connectivity index (χ1) is 16.2. The van der Waals surface area contributed by atoms with Gasteiger partial charge in [-0.15, -0.1) is 0 Å². The molecule has 4 aliphatic rings. The second-order valence-electron chi connectivity index (χ2n) is 12.1. The fraction of sp³-hybridized carbons (Fsp3) is 0.613. The van der Waals surface area contributed by atoms with Crippen molar-refractivity contribution in [1.29, 1.82) is 0 Å². The first kappa shape index (κ1) is 23.6. The fourth-order valence-corrected chi connectivity index (χ4v) is 8.50. The van der Waals surface area contributed by atoms with Crippen LogP contribution in [0, 0.1) is 41.4 Å². The Morgan fingerprint density at radius 3 is 2.65 bits per heavy atom. The molecule has 0 spiro atoms. The van der Waals surface area contributed by atoms with E-state index < -0.39 is 0 Å². The lowest BCUT2D eigenvalue weighted by Gasteiger charge is -2.58. The summed E-state index contributed by atoms with van der Waals surface area (Å²) >= 11 is 0. The Morgan fingerprint density at radius 1 is 1.06 bits per heavy atom. The van der Waals surface area contributed by atoms with E-state index >= 15 is 0 Å². The molecule has 34 heavy (non-hydrogen) atoms. The lowest BCUT2D eigenvalue weighted by atomic mass is 9.47. The molecule has 3 saturated carbocycles. The molecular formula is C31H40O3. The summed E-state index contributed by atoms with van der Waals surface area (Å²) < 4.78 is 5.58. The van der Waals surface area contributed by atoms with E-state index in [2.05, 4.69) is 51.1 Å². The topological polar surface area (TPSA) is 43.4 Å². The van der Waals surface area contributed by atoms with Crippen molar-refractivity contribution in [2.45, 2.75) is 85.2 Å². The van der Waals surface area contributed by atoms with E-state index in [4.69, 9.17) is 4.74 Å². The number of fused-ring (bicyclic) bond motifs is 5. The molecular weight excluding hydrogens is 420 g/mol. The van der Waals surface area contributed by atoms with E-state index in [-0.39, 0.29) is 28.8 Å². The molecule has 0 aliphatic heterocycles. The summed E-state index contributed by atoms with van der Waals surface area (Å²) in [4.78, 5) is 24.9. The molecule has 0 radical (unpaired) electrons. The molecule has 0 heterocycles. The number of ether oxygens (including phenoxy) is 1. The molecule has 1 aromatic carbocycles. The van der Waals surface area contributed by atoms with Crippen LogP contribution in [0.5, 0.6) is 0 Å². The summed E-state index contributed by atoms with van der Waals surface area (Å²) in [5, 5.41) is 0. The van der Waals surface area contributed by atoms with Gasteiger partial charge in [-0.3, -0.25) is 9.59 Å². The maximum absolute atomic E-state index is 13.4. The number of esters is 1. The third-order valence-corrected chi connectivity index (χ3v) is 10.2. The Balaban J connectivity index is 1.33. The summed E-state index contributed by atoms with van der Waals surface area (Å²) in [6.45, 7) is 8.51. The minimum absolute atomic E-state index is 0.0518. The van der Waals surface area contributed by atoms with E-state index in [9.17, 15) is 9.59 Å². The summed E-state index contributed by atoms with van der Waals surface area (Å²) in [6, 6.07) is 8.35. The molecule has 0 bridgehead atoms. The highest BCUT2D eigenvalue weighted by Gasteiger charge is 2.59. The van der Waals surface area contributed by atoms with Crippen molar-refractivity contribution in [3.63, 3.8) is 0 Å². The molecule has 0 saturated heterocycles. The van der Waals surface area contributed by atoms with Crippen molar-refractivity contribution in [1.82, 2.24) is 0 Å². The predicted molar refractivity (Wildman–Crippen MR) is 136 cm³/mol. The molecule has 0 unspecified atom stereocenters. The third-order valence-electron chi connectivity index (χ3n) is 10.2. The highest BCUT2D eigenvalue weighted by molar-refractivity contribution is 5.96. The lowest BCUT2D eigenvalue weighted by Crippen LogP contribution is -2.51. The van der Waals surface area contributed by atoms with Crippen LogP contribution in [0.1, 0.15) is 83.3 Å². The lowest BCUT2D eigenvalue weighted by molar-refractivity contribution is -0.149. The quantitative estimate of drug-likeness (QED) is 0.274. The predicted octanol–water partition coefficient (Wildman–Crippen LogP) is 7.09. The Kier molecular flexibility index (Phi) is 6.11. The van der Waals surface area contributed by atoms with E-state index in [0.29, 0.717) is 23.5 Å². The van der Waals surface area contributed by atoms with Crippen LogP contribution in [0.4, 0.5) is 0 Å². The van der Waals surface area contributed by atoms with Gasteiger partial charge in [0, 0.05) is 19.3 Å². The van der Waals surface area contributed by atoms with Gasteiger partial charge in [0.15, 0.2) is 5.78 Å². The van der Waals surface area contributed by atoms with Crippen molar-refractivity contribution in [2.24, 2.45) is 34.5 Å². The molecule has 7 atom stereocenters. The van der Waals surface area contributed by atoms with Crippen LogP contribution in [-0.4, -0.2) is 17.9 Å². The Morgan fingerprint density at radius 2 is 1.88 bits per heavy atom. The van der Waals surface area contributed by atoms with Gasteiger partial charge in [0.2, 0.25) is 0 Å². The first-order valence-electron chi connectivity index (χ1n) is 13.4. The standard InChI is InChI=1S/C31H40O3/c1-20-6-5-7-22(18-20)8-13-29(33)28-12-11-26-25-10-9-23-19-24(34-21(2)32)14-16-30(23,3)27(25)15-17-31(26,28)4/h5-9,13,18,24-28H,10-12,14-17,19H2,1-4H3/b13-8+/t24-,25-,26-,27-,28+,30-,31-/m0/s1. The number of rotatable bonds is 4. The summed E-state index contributed by atoms with van der Waals surface area (Å²) in [5.74, 6) is 2.32. The van der Waals surface area contributed by atoms with E-state index in [1.54, 1.807) is 0 Å². The molecule has 0 aromatic heterocycles. The third kappa shape index (κ3) is 3.99. The van der Waals surface area contributed by atoms with Gasteiger partial charge in [0.1, 0.15) is 6.10 Å². The molecule has 5 rings (SSSR count). The number of carbonyl (C=O) groups is 2. The Bertz CT molecular complexity index is 1030. The number of hydrogen-bond donors (Lipinski definition) is 0. The van der Waals surface area contributed by atoms with E-state index in [1.807, 2.05) is 12.2 Å². The van der Waals surface area contributed by atoms with Crippen LogP contribution in [0.3, 0.4) is 0 Å². The van der Waals surface area contributed by atoms with Gasteiger partial charge >= 0.3 is 5.97 Å². The molecule has 0 N–H and O–H groups in total. The van der Waals surface area contributed by atoms with Crippen LogP contribution in [0.2, 0.25) is 0 Å². The second kappa shape index (κ2) is 8.81. The zero-order valence-corrected chi connectivity index (χ0v) is 21.3. The highest BCUT2D eigenvalue weighted by Crippen LogP contribution is 2.66. The molecule has 182 valence electrons. The molecule has 4 aliphatic carbocycles. The number of aryl methyl sites for hydroxylation is 1. The smallest absolute Gasteiger partial charge is 0.302 e. The number of carbonyl (C=O) groups excluding carboxylic acids is 2. The molecule has 3 fully saturated rings. The maximum Gasteiger partial charge on any atom is 0.302 e. The minimum atomic E-state index is -0.158. The number of hydrogen-bond acceptors (Lipinski definition) is 3. The summed E-state index contributed by atoms with van der Waals surface area (Å²) in [5.41, 5.74) is 4.21. The molecule has 0 amide bonds. The van der Waals surface area contributed by atoms with Crippen LogP contribution >= 0.6 is 0 Å². The van der Waals surface area contributed by atoms with Gasteiger partial charge in [0.25, 0.3) is 0 Å². The number of ketones is 1. The monoisotopic (exact) mass is 460 g/mol. The van der Waals surface area contributed by atoms with Gasteiger partial charge in [-0.1, -0.05) is 61.4 Å². The molecule has 1 aromatic rings. The maximum atomic E-state index is 13.4. The number of allylic oxidation sites excluding steroid dienone is 2. The SMILES string of the molecule is CC(=O)O[C@H]1CC[C@@]2(C)C(=CC[C@H]3[C@@H]4CC[C@H](C(=O)/C=C/c5cccc(C)c5)[C@@]4(C)CC[C@@H]32)C1. The van der Waals surface area contributed by atoms with Crippen molar-refractivity contribution >= 4 is 17.8 Å². The van der Waals surface area contributed by atoms with Crippen molar-refractivity contribution in [3.05, 3.63) is 53.1 Å². The van der Waals surface area contributed by atoms with E-state index in [0.717, 1.165) is 44.1 Å². The van der Waals surface area contributed by atoms with Crippen LogP contribution in [0.25, 0.3) is 6.08 Å². The Labute approximate surface area is 205 Å². The average molecular weight is 461 g/mol. The summed E-state index contributed by atoms with van der Waals surface area (Å²) in [6.07, 6.45) is 15.1. The van der Waals surface area contributed by atoms with Crippen molar-refractivity contribution < 1.29 is 14.3 Å². The second-order valence-corrected chi connectivity index (χ2v) is 12.1. The van der Waals surface area contributed by atoms with Crippen LogP contribution in [0.15, 0.2) is 42.0 Å². The fourth-order valence-electron chi connectivity index (χ4n) is 8.50. The largest absolute Gasteiger partial charge is 0.462 e. The molecule has 3 heteroatoms. The van der Waals surface area contributed by atoms with Gasteiger partial charge < -0.3 is 4.74 Å². The zero-order valence-electron chi connectivity index (χ0n) is 21.3. The highest BCUT2D eigenvalue weighted by atomic mass is 16.5. The Hall–Kier alpha value is -2.16. The van der Waals surface area contributed by atoms with Gasteiger partial charge in [-0.25, -0.2) is 0 Å². The van der Waals surface area contributed by atoms with E-state index in [1.165, 1.54) is 30.9 Å². The van der Waals surface area contributed by atoms with Crippen molar-refractivity contribution in [2.75, 3.05) is 0 Å².